The Bertz CT molecular complexity index is 855. The van der Waals surface area contributed by atoms with Gasteiger partial charge in [-0.1, -0.05) is 12.1 Å². The maximum atomic E-state index is 12.8. The molecule has 0 aliphatic carbocycles. The van der Waals surface area contributed by atoms with Gasteiger partial charge in [0.2, 0.25) is 5.91 Å². The van der Waals surface area contributed by atoms with Gasteiger partial charge in [-0.15, -0.1) is 11.8 Å². The number of rotatable bonds is 5. The smallest absolute Gasteiger partial charge is 0.338 e. The number of hydrogen-bond acceptors (Lipinski definition) is 5. The summed E-state index contributed by atoms with van der Waals surface area (Å²) in [7, 11) is 0. The molecule has 2 amide bonds. The van der Waals surface area contributed by atoms with Gasteiger partial charge in [0.15, 0.2) is 6.61 Å². The van der Waals surface area contributed by atoms with E-state index in [0.29, 0.717) is 11.4 Å². The van der Waals surface area contributed by atoms with Gasteiger partial charge in [0, 0.05) is 11.4 Å². The normalized spacial score (nSPS) is 12.7. The zero-order valence-electron chi connectivity index (χ0n) is 13.6. The van der Waals surface area contributed by atoms with Crippen LogP contribution in [-0.2, 0) is 20.9 Å². The molecule has 0 atom stereocenters. The van der Waals surface area contributed by atoms with Crippen LogP contribution in [0.5, 0.6) is 0 Å². The molecule has 1 aliphatic rings. The van der Waals surface area contributed by atoms with Gasteiger partial charge in [-0.05, 0) is 35.9 Å². The third-order valence-corrected chi connectivity index (χ3v) is 4.66. The van der Waals surface area contributed by atoms with Crippen LogP contribution in [0.25, 0.3) is 0 Å². The Balaban J connectivity index is 1.50. The summed E-state index contributed by atoms with van der Waals surface area (Å²) in [6, 6.07) is 10.6. The maximum absolute atomic E-state index is 12.8. The van der Waals surface area contributed by atoms with Crippen molar-refractivity contribution in [2.45, 2.75) is 11.4 Å². The lowest BCUT2D eigenvalue weighted by Gasteiger charge is -2.16. The topological polar surface area (TPSA) is 84.5 Å². The van der Waals surface area contributed by atoms with Gasteiger partial charge in [0.05, 0.1) is 17.0 Å². The van der Waals surface area contributed by atoms with E-state index in [1.165, 1.54) is 30.0 Å². The van der Waals surface area contributed by atoms with Crippen molar-refractivity contribution in [2.24, 2.45) is 0 Å². The highest BCUT2D eigenvalue weighted by Crippen LogP contribution is 2.32. The fourth-order valence-corrected chi connectivity index (χ4v) is 3.07. The van der Waals surface area contributed by atoms with Crippen LogP contribution in [0.4, 0.5) is 10.1 Å². The summed E-state index contributed by atoms with van der Waals surface area (Å²) >= 11 is 1.39. The van der Waals surface area contributed by atoms with E-state index in [1.807, 2.05) is 0 Å². The number of amides is 2. The van der Waals surface area contributed by atoms with E-state index < -0.39 is 18.5 Å². The number of anilines is 1. The van der Waals surface area contributed by atoms with Crippen LogP contribution in [0.2, 0.25) is 0 Å². The summed E-state index contributed by atoms with van der Waals surface area (Å²) in [5.41, 5.74) is 1.54. The molecular weight excluding hydrogens is 359 g/mol. The number of hydrogen-bond donors (Lipinski definition) is 2. The standard InChI is InChI=1S/C18H15FN2O4S/c19-13-4-1-11(2-5-13)8-20-16(22)9-25-18(24)12-3-6-15-14(7-12)21-17(23)10-26-15/h1-7H,8-10H2,(H,20,22)(H,21,23). The average Bonchev–Trinajstić information content (AvgIpc) is 2.65. The molecule has 1 aliphatic heterocycles. The van der Waals surface area contributed by atoms with Crippen molar-refractivity contribution in [1.82, 2.24) is 5.32 Å². The summed E-state index contributed by atoms with van der Waals surface area (Å²) in [4.78, 5) is 36.1. The Morgan fingerprint density at radius 2 is 1.96 bits per heavy atom. The van der Waals surface area contributed by atoms with E-state index in [9.17, 15) is 18.8 Å². The van der Waals surface area contributed by atoms with Crippen LogP contribution in [0.3, 0.4) is 0 Å². The highest BCUT2D eigenvalue weighted by atomic mass is 32.2. The van der Waals surface area contributed by atoms with E-state index in [0.717, 1.165) is 10.5 Å². The second-order valence-electron chi connectivity index (χ2n) is 5.53. The molecule has 0 spiro atoms. The second kappa shape index (κ2) is 8.01. The lowest BCUT2D eigenvalue weighted by Crippen LogP contribution is -2.28. The molecule has 0 unspecified atom stereocenters. The van der Waals surface area contributed by atoms with E-state index in [4.69, 9.17) is 4.74 Å². The highest BCUT2D eigenvalue weighted by molar-refractivity contribution is 8.00. The fraction of sp³-hybridized carbons (Fsp3) is 0.167. The lowest BCUT2D eigenvalue weighted by molar-refractivity contribution is -0.124. The van der Waals surface area contributed by atoms with Crippen molar-refractivity contribution in [3.8, 4) is 0 Å². The first-order valence-corrected chi connectivity index (χ1v) is 8.75. The molecule has 0 saturated heterocycles. The summed E-state index contributed by atoms with van der Waals surface area (Å²) < 4.78 is 17.8. The molecule has 26 heavy (non-hydrogen) atoms. The van der Waals surface area contributed by atoms with Crippen molar-refractivity contribution in [3.05, 3.63) is 59.4 Å². The molecular formula is C18H15FN2O4S. The number of carbonyl (C=O) groups excluding carboxylic acids is 3. The van der Waals surface area contributed by atoms with Crippen molar-refractivity contribution in [2.75, 3.05) is 17.7 Å². The molecule has 0 aromatic heterocycles. The Kier molecular flexibility index (Phi) is 5.52. The van der Waals surface area contributed by atoms with Crippen molar-refractivity contribution in [1.29, 1.82) is 0 Å². The minimum Gasteiger partial charge on any atom is -0.452 e. The first kappa shape index (κ1) is 17.9. The first-order chi connectivity index (χ1) is 12.5. The van der Waals surface area contributed by atoms with Crippen molar-refractivity contribution in [3.63, 3.8) is 0 Å². The zero-order valence-corrected chi connectivity index (χ0v) is 14.4. The Morgan fingerprint density at radius 3 is 2.73 bits per heavy atom. The van der Waals surface area contributed by atoms with Gasteiger partial charge >= 0.3 is 5.97 Å². The Labute approximate surface area is 153 Å². The summed E-state index contributed by atoms with van der Waals surface area (Å²) in [6.45, 7) is -0.225. The number of halogens is 1. The Hall–Kier alpha value is -2.87. The van der Waals surface area contributed by atoms with Gasteiger partial charge in [0.25, 0.3) is 5.91 Å². The molecule has 2 aromatic carbocycles. The molecule has 1 heterocycles. The number of fused-ring (bicyclic) bond motifs is 1. The van der Waals surface area contributed by atoms with Crippen LogP contribution >= 0.6 is 11.8 Å². The minimum atomic E-state index is -0.658. The van der Waals surface area contributed by atoms with Gasteiger partial charge in [0.1, 0.15) is 5.82 Å². The van der Waals surface area contributed by atoms with Crippen LogP contribution in [0.1, 0.15) is 15.9 Å². The van der Waals surface area contributed by atoms with Crippen LogP contribution < -0.4 is 10.6 Å². The molecule has 8 heteroatoms. The van der Waals surface area contributed by atoms with Crippen LogP contribution in [0.15, 0.2) is 47.4 Å². The molecule has 2 N–H and O–H groups in total. The molecule has 0 fully saturated rings. The molecule has 2 aromatic rings. The molecule has 6 nitrogen and oxygen atoms in total. The highest BCUT2D eigenvalue weighted by Gasteiger charge is 2.18. The third kappa shape index (κ3) is 4.60. The number of thioether (sulfide) groups is 1. The maximum Gasteiger partial charge on any atom is 0.338 e. The number of ether oxygens (including phenoxy) is 1. The van der Waals surface area contributed by atoms with Gasteiger partial charge < -0.3 is 15.4 Å². The van der Waals surface area contributed by atoms with E-state index in [-0.39, 0.29) is 23.8 Å². The largest absolute Gasteiger partial charge is 0.452 e. The van der Waals surface area contributed by atoms with E-state index in [1.54, 1.807) is 24.3 Å². The molecule has 0 radical (unpaired) electrons. The number of nitrogens with one attached hydrogen (secondary N) is 2. The average molecular weight is 374 g/mol. The van der Waals surface area contributed by atoms with Gasteiger partial charge in [-0.2, -0.15) is 0 Å². The molecule has 0 saturated carbocycles. The third-order valence-electron chi connectivity index (χ3n) is 3.59. The Morgan fingerprint density at radius 1 is 1.19 bits per heavy atom. The van der Waals surface area contributed by atoms with Crippen LogP contribution in [0, 0.1) is 5.82 Å². The lowest BCUT2D eigenvalue weighted by atomic mass is 10.2. The molecule has 134 valence electrons. The molecule has 0 bridgehead atoms. The predicted molar refractivity (Wildman–Crippen MR) is 94.3 cm³/mol. The fourth-order valence-electron chi connectivity index (χ4n) is 2.28. The van der Waals surface area contributed by atoms with Crippen molar-refractivity contribution >= 4 is 35.2 Å². The van der Waals surface area contributed by atoms with E-state index in [2.05, 4.69) is 10.6 Å². The minimum absolute atomic E-state index is 0.131. The van der Waals surface area contributed by atoms with Crippen molar-refractivity contribution < 1.29 is 23.5 Å². The van der Waals surface area contributed by atoms with Gasteiger partial charge in [-0.3, -0.25) is 9.59 Å². The SMILES string of the molecule is O=C(COC(=O)c1ccc2c(c1)NC(=O)CS2)NCc1ccc(F)cc1. The number of esters is 1. The van der Waals surface area contributed by atoms with Gasteiger partial charge in [-0.25, -0.2) is 9.18 Å². The number of benzene rings is 2. The summed E-state index contributed by atoms with van der Waals surface area (Å²) in [6.07, 6.45) is 0. The monoisotopic (exact) mass is 374 g/mol. The molecule has 3 rings (SSSR count). The first-order valence-electron chi connectivity index (χ1n) is 7.76. The van der Waals surface area contributed by atoms with E-state index >= 15 is 0 Å². The summed E-state index contributed by atoms with van der Waals surface area (Å²) in [5, 5.41) is 5.27. The summed E-state index contributed by atoms with van der Waals surface area (Å²) in [5.74, 6) is -1.27. The second-order valence-corrected chi connectivity index (χ2v) is 6.54. The zero-order chi connectivity index (χ0) is 18.5. The predicted octanol–water partition coefficient (Wildman–Crippen LogP) is 2.34. The number of carbonyl (C=O) groups is 3. The van der Waals surface area contributed by atoms with Crippen LogP contribution in [-0.4, -0.2) is 30.1 Å². The quantitative estimate of drug-likeness (QED) is 0.785.